The van der Waals surface area contributed by atoms with Gasteiger partial charge in [-0.2, -0.15) is 4.98 Å². The maximum Gasteiger partial charge on any atom is 0.260 e. The van der Waals surface area contributed by atoms with E-state index in [-0.39, 0.29) is 5.82 Å². The van der Waals surface area contributed by atoms with Gasteiger partial charge in [0.05, 0.1) is 5.56 Å². The molecular weight excluding hydrogens is 337 g/mol. The minimum absolute atomic E-state index is 0.265. The van der Waals surface area contributed by atoms with Crippen LogP contribution in [-0.4, -0.2) is 10.1 Å². The molecule has 4 nitrogen and oxygen atoms in total. The molecule has 106 valence electrons. The van der Waals surface area contributed by atoms with E-state index in [4.69, 9.17) is 10.3 Å². The summed E-state index contributed by atoms with van der Waals surface area (Å²) in [5.41, 5.74) is 8.34. The van der Waals surface area contributed by atoms with Gasteiger partial charge in [-0.25, -0.2) is 4.39 Å². The summed E-state index contributed by atoms with van der Waals surface area (Å²) in [5.74, 6) is 0.456. The van der Waals surface area contributed by atoms with E-state index in [1.165, 1.54) is 6.07 Å². The summed E-state index contributed by atoms with van der Waals surface area (Å²) in [6, 6.07) is 10.1. The molecule has 0 spiro atoms. The van der Waals surface area contributed by atoms with Crippen LogP contribution < -0.4 is 5.73 Å². The second kappa shape index (κ2) is 5.29. The topological polar surface area (TPSA) is 64.9 Å². The van der Waals surface area contributed by atoms with Crippen LogP contribution in [-0.2, 0) is 0 Å². The lowest BCUT2D eigenvalue weighted by molar-refractivity contribution is 0.432. The predicted octanol–water partition coefficient (Wildman–Crippen LogP) is 4.20. The Hall–Kier alpha value is -2.21. The molecule has 2 N–H and O–H groups in total. The molecule has 1 heterocycles. The normalized spacial score (nSPS) is 10.8. The third-order valence-corrected chi connectivity index (χ3v) is 3.58. The molecule has 2 aromatic carbocycles. The minimum atomic E-state index is -0.265. The Kier molecular flexibility index (Phi) is 3.47. The number of hydrogen-bond acceptors (Lipinski definition) is 4. The maximum atomic E-state index is 13.3. The van der Waals surface area contributed by atoms with Gasteiger partial charge >= 0.3 is 0 Å². The van der Waals surface area contributed by atoms with Crippen molar-refractivity contribution in [3.63, 3.8) is 0 Å². The van der Waals surface area contributed by atoms with Crippen molar-refractivity contribution in [1.82, 2.24) is 10.1 Å². The number of anilines is 1. The fourth-order valence-electron chi connectivity index (χ4n) is 1.95. The molecular formula is C15H11BrFN3O. The number of benzene rings is 2. The molecule has 0 bridgehead atoms. The van der Waals surface area contributed by atoms with Crippen LogP contribution in [0.2, 0.25) is 0 Å². The number of nitrogen functional groups attached to an aromatic ring is 1. The van der Waals surface area contributed by atoms with Gasteiger partial charge in [0.1, 0.15) is 5.82 Å². The Balaban J connectivity index is 2.03. The van der Waals surface area contributed by atoms with Crippen LogP contribution in [0, 0.1) is 12.7 Å². The van der Waals surface area contributed by atoms with Gasteiger partial charge in [0, 0.05) is 15.7 Å². The van der Waals surface area contributed by atoms with E-state index in [2.05, 4.69) is 26.1 Å². The van der Waals surface area contributed by atoms with Gasteiger partial charge in [0.25, 0.3) is 5.89 Å². The van der Waals surface area contributed by atoms with Gasteiger partial charge in [-0.05, 0) is 48.9 Å². The van der Waals surface area contributed by atoms with Crippen molar-refractivity contribution in [2.24, 2.45) is 0 Å². The summed E-state index contributed by atoms with van der Waals surface area (Å²) < 4.78 is 19.4. The molecule has 3 aromatic rings. The van der Waals surface area contributed by atoms with Gasteiger partial charge in [0.15, 0.2) is 0 Å². The largest absolute Gasteiger partial charge is 0.398 e. The average molecular weight is 348 g/mol. The van der Waals surface area contributed by atoms with Crippen molar-refractivity contribution in [2.75, 3.05) is 5.73 Å². The molecule has 0 radical (unpaired) electrons. The highest BCUT2D eigenvalue weighted by Crippen LogP contribution is 2.29. The van der Waals surface area contributed by atoms with Crippen molar-refractivity contribution in [1.29, 1.82) is 0 Å². The van der Waals surface area contributed by atoms with E-state index in [0.29, 0.717) is 34.1 Å². The Bertz CT molecular complexity index is 816. The molecule has 3 rings (SSSR count). The summed E-state index contributed by atoms with van der Waals surface area (Å²) in [6.45, 7) is 1.69. The van der Waals surface area contributed by atoms with Gasteiger partial charge in [0.2, 0.25) is 5.82 Å². The summed E-state index contributed by atoms with van der Waals surface area (Å²) in [5, 5.41) is 3.92. The third kappa shape index (κ3) is 2.67. The Morgan fingerprint density at radius 1 is 1.19 bits per heavy atom. The van der Waals surface area contributed by atoms with Crippen LogP contribution in [0.25, 0.3) is 22.8 Å². The smallest absolute Gasteiger partial charge is 0.260 e. The molecule has 0 amide bonds. The molecule has 0 fully saturated rings. The van der Waals surface area contributed by atoms with E-state index in [1.807, 2.05) is 12.1 Å². The lowest BCUT2D eigenvalue weighted by atomic mass is 10.1. The van der Waals surface area contributed by atoms with Gasteiger partial charge < -0.3 is 10.3 Å². The van der Waals surface area contributed by atoms with E-state index >= 15 is 0 Å². The zero-order chi connectivity index (χ0) is 15.0. The minimum Gasteiger partial charge on any atom is -0.398 e. The van der Waals surface area contributed by atoms with Crippen molar-refractivity contribution in [3.05, 3.63) is 52.3 Å². The summed E-state index contributed by atoms with van der Waals surface area (Å²) >= 11 is 3.38. The molecule has 0 aliphatic rings. The van der Waals surface area contributed by atoms with Gasteiger partial charge in [-0.1, -0.05) is 21.1 Å². The first-order valence-corrected chi connectivity index (χ1v) is 6.99. The van der Waals surface area contributed by atoms with Crippen LogP contribution in [0.4, 0.5) is 10.1 Å². The molecule has 0 saturated heterocycles. The third-order valence-electron chi connectivity index (χ3n) is 3.09. The predicted molar refractivity (Wildman–Crippen MR) is 82.0 cm³/mol. The Labute approximate surface area is 128 Å². The van der Waals surface area contributed by atoms with E-state index in [0.717, 1.165) is 4.47 Å². The molecule has 0 aliphatic carbocycles. The van der Waals surface area contributed by atoms with E-state index in [1.54, 1.807) is 25.1 Å². The van der Waals surface area contributed by atoms with Crippen LogP contribution in [0.3, 0.4) is 0 Å². The van der Waals surface area contributed by atoms with Crippen LogP contribution in [0.15, 0.2) is 45.4 Å². The SMILES string of the molecule is Cc1cc(-c2noc(-c3cc(Br)ccc3N)n2)ccc1F. The molecule has 6 heteroatoms. The quantitative estimate of drug-likeness (QED) is 0.705. The first kappa shape index (κ1) is 13.8. The van der Waals surface area contributed by atoms with Crippen molar-refractivity contribution in [3.8, 4) is 22.8 Å². The second-order valence-corrected chi connectivity index (χ2v) is 5.53. The Morgan fingerprint density at radius 3 is 2.76 bits per heavy atom. The van der Waals surface area contributed by atoms with Crippen molar-refractivity contribution < 1.29 is 8.91 Å². The highest BCUT2D eigenvalue weighted by molar-refractivity contribution is 9.10. The number of aromatic nitrogens is 2. The lowest BCUT2D eigenvalue weighted by Gasteiger charge is -2.00. The van der Waals surface area contributed by atoms with Crippen molar-refractivity contribution in [2.45, 2.75) is 6.92 Å². The number of rotatable bonds is 2. The number of aryl methyl sites for hydroxylation is 1. The number of halogens is 2. The van der Waals surface area contributed by atoms with Crippen LogP contribution in [0.5, 0.6) is 0 Å². The Morgan fingerprint density at radius 2 is 2.00 bits per heavy atom. The highest BCUT2D eigenvalue weighted by atomic mass is 79.9. The molecule has 1 aromatic heterocycles. The first-order valence-electron chi connectivity index (χ1n) is 6.20. The fourth-order valence-corrected chi connectivity index (χ4v) is 2.31. The van der Waals surface area contributed by atoms with Crippen LogP contribution in [0.1, 0.15) is 5.56 Å². The van der Waals surface area contributed by atoms with E-state index < -0.39 is 0 Å². The van der Waals surface area contributed by atoms with Gasteiger partial charge in [-0.3, -0.25) is 0 Å². The summed E-state index contributed by atoms with van der Waals surface area (Å²) in [6.07, 6.45) is 0. The maximum absolute atomic E-state index is 13.3. The first-order chi connectivity index (χ1) is 10.0. The standard InChI is InChI=1S/C15H11BrFN3O/c1-8-6-9(2-4-12(8)17)14-19-15(21-20-14)11-7-10(16)3-5-13(11)18/h2-7H,18H2,1H3. The summed E-state index contributed by atoms with van der Waals surface area (Å²) in [7, 11) is 0. The van der Waals surface area contributed by atoms with Gasteiger partial charge in [-0.15, -0.1) is 0 Å². The fraction of sp³-hybridized carbons (Fsp3) is 0.0667. The molecule has 21 heavy (non-hydrogen) atoms. The number of nitrogens with zero attached hydrogens (tertiary/aromatic N) is 2. The van der Waals surface area contributed by atoms with Crippen molar-refractivity contribution >= 4 is 21.6 Å². The van der Waals surface area contributed by atoms with Crippen LogP contribution >= 0.6 is 15.9 Å². The monoisotopic (exact) mass is 347 g/mol. The molecule has 0 saturated carbocycles. The highest BCUT2D eigenvalue weighted by Gasteiger charge is 2.14. The summed E-state index contributed by atoms with van der Waals surface area (Å²) in [4.78, 5) is 4.32. The molecule has 0 aliphatic heterocycles. The molecule has 0 atom stereocenters. The molecule has 0 unspecified atom stereocenters. The van der Waals surface area contributed by atoms with E-state index in [9.17, 15) is 4.39 Å². The lowest BCUT2D eigenvalue weighted by Crippen LogP contribution is -1.90. The zero-order valence-electron chi connectivity index (χ0n) is 11.1. The number of nitrogens with two attached hydrogens (primary N) is 1. The average Bonchev–Trinajstić information content (AvgIpc) is 2.94. The zero-order valence-corrected chi connectivity index (χ0v) is 12.7. The number of hydrogen-bond donors (Lipinski definition) is 1. The second-order valence-electron chi connectivity index (χ2n) is 4.62.